The SMILES string of the molecule is Cc1ccccc1N(c1ccccc1)c1ccc2cc3c(cc2c1)-c1cc2ccc(N(c4ccccc4)c4cccc(C(C)(C)C)c4)cc2cc1-3. The molecule has 0 atom stereocenters. The smallest absolute Gasteiger partial charge is 0.0490 e. The molecule has 1 aliphatic rings. The second-order valence-corrected chi connectivity index (χ2v) is 14.8. The molecule has 8 aromatic rings. The van der Waals surface area contributed by atoms with E-state index in [2.05, 4.69) is 207 Å². The van der Waals surface area contributed by atoms with E-state index in [1.165, 1.54) is 66.3 Å². The van der Waals surface area contributed by atoms with Crippen molar-refractivity contribution in [1.82, 2.24) is 0 Å². The summed E-state index contributed by atoms with van der Waals surface area (Å²) in [5.41, 5.74) is 14.9. The van der Waals surface area contributed by atoms with Crippen LogP contribution < -0.4 is 9.80 Å². The van der Waals surface area contributed by atoms with Crippen molar-refractivity contribution in [1.29, 1.82) is 0 Å². The third-order valence-corrected chi connectivity index (χ3v) is 10.4. The predicted molar refractivity (Wildman–Crippen MR) is 219 cm³/mol. The van der Waals surface area contributed by atoms with Crippen molar-refractivity contribution in [3.8, 4) is 22.3 Å². The highest BCUT2D eigenvalue weighted by Crippen LogP contribution is 2.51. The molecule has 0 amide bonds. The molecular formula is C49H40N2. The van der Waals surface area contributed by atoms with Crippen LogP contribution in [0.1, 0.15) is 31.9 Å². The van der Waals surface area contributed by atoms with Crippen LogP contribution in [-0.4, -0.2) is 0 Å². The maximum atomic E-state index is 2.39. The fourth-order valence-electron chi connectivity index (χ4n) is 7.63. The molecule has 0 N–H and O–H groups in total. The summed E-state index contributed by atoms with van der Waals surface area (Å²) < 4.78 is 0. The van der Waals surface area contributed by atoms with Gasteiger partial charge in [-0.25, -0.2) is 0 Å². The summed E-state index contributed by atoms with van der Waals surface area (Å²) in [7, 11) is 0. The topological polar surface area (TPSA) is 6.48 Å². The van der Waals surface area contributed by atoms with Crippen LogP contribution in [0.2, 0.25) is 0 Å². The number of para-hydroxylation sites is 3. The second kappa shape index (κ2) is 12.0. The third kappa shape index (κ3) is 5.45. The van der Waals surface area contributed by atoms with E-state index in [1.807, 2.05) is 0 Å². The Morgan fingerprint density at radius 1 is 0.353 bits per heavy atom. The molecule has 0 radical (unpaired) electrons. The Morgan fingerprint density at radius 2 is 0.804 bits per heavy atom. The molecule has 0 saturated heterocycles. The number of anilines is 6. The van der Waals surface area contributed by atoms with Crippen LogP contribution in [0, 0.1) is 6.92 Å². The second-order valence-electron chi connectivity index (χ2n) is 14.8. The van der Waals surface area contributed by atoms with E-state index in [0.717, 1.165) is 22.7 Å². The Morgan fingerprint density at radius 3 is 1.35 bits per heavy atom. The highest BCUT2D eigenvalue weighted by Gasteiger charge is 2.25. The highest BCUT2D eigenvalue weighted by atomic mass is 15.1. The first-order chi connectivity index (χ1) is 24.8. The van der Waals surface area contributed by atoms with Crippen LogP contribution in [0.5, 0.6) is 0 Å². The summed E-state index contributed by atoms with van der Waals surface area (Å²) in [6, 6.07) is 62.3. The summed E-state index contributed by atoms with van der Waals surface area (Å²) in [5.74, 6) is 0. The van der Waals surface area contributed by atoms with E-state index in [9.17, 15) is 0 Å². The number of hydrogen-bond donors (Lipinski definition) is 0. The standard InChI is InChI=1S/C49H40N2/c1-33-14-11-12-21-48(33)51(40-18-9-6-10-19-40)43-25-23-35-29-45-46-30-36-26-42(24-22-34(36)28-44(46)47(45)31-37(35)27-43)50(39-16-7-5-8-17-39)41-20-13-15-38(32-41)49(2,3)4/h5-32H,1-4H3. The van der Waals surface area contributed by atoms with Gasteiger partial charge in [0.2, 0.25) is 0 Å². The number of nitrogens with zero attached hydrogens (tertiary/aromatic N) is 2. The zero-order chi connectivity index (χ0) is 34.7. The van der Waals surface area contributed by atoms with Crippen LogP contribution in [0.4, 0.5) is 34.1 Å². The van der Waals surface area contributed by atoms with Crippen LogP contribution in [0.15, 0.2) is 170 Å². The highest BCUT2D eigenvalue weighted by molar-refractivity contribution is 6.12. The first-order valence-corrected chi connectivity index (χ1v) is 17.8. The predicted octanol–water partition coefficient (Wildman–Crippen LogP) is 14.2. The molecular weight excluding hydrogens is 617 g/mol. The minimum atomic E-state index is 0.0609. The van der Waals surface area contributed by atoms with Crippen LogP contribution >= 0.6 is 0 Å². The van der Waals surface area contributed by atoms with Crippen molar-refractivity contribution in [2.45, 2.75) is 33.1 Å². The Labute approximate surface area is 300 Å². The summed E-state index contributed by atoms with van der Waals surface area (Å²) in [6.45, 7) is 9.01. The van der Waals surface area contributed by atoms with Crippen molar-refractivity contribution in [2.24, 2.45) is 0 Å². The largest absolute Gasteiger partial charge is 0.310 e. The average molecular weight is 657 g/mol. The Hall–Kier alpha value is -6.12. The van der Waals surface area contributed by atoms with Gasteiger partial charge in [0.1, 0.15) is 0 Å². The van der Waals surface area contributed by atoms with Gasteiger partial charge in [-0.2, -0.15) is 0 Å². The third-order valence-electron chi connectivity index (χ3n) is 10.4. The molecule has 0 bridgehead atoms. The molecule has 246 valence electrons. The summed E-state index contributed by atoms with van der Waals surface area (Å²) in [6.07, 6.45) is 0. The van der Waals surface area contributed by atoms with Crippen molar-refractivity contribution in [3.05, 3.63) is 181 Å². The Bertz CT molecular complexity index is 2580. The van der Waals surface area contributed by atoms with Gasteiger partial charge in [-0.1, -0.05) is 99.6 Å². The van der Waals surface area contributed by atoms with E-state index in [4.69, 9.17) is 0 Å². The molecule has 0 aromatic heterocycles. The maximum Gasteiger partial charge on any atom is 0.0490 e. The average Bonchev–Trinajstić information content (AvgIpc) is 3.15. The van der Waals surface area contributed by atoms with Crippen molar-refractivity contribution in [3.63, 3.8) is 0 Å². The van der Waals surface area contributed by atoms with Crippen molar-refractivity contribution < 1.29 is 0 Å². The van der Waals surface area contributed by atoms with Gasteiger partial charge in [0.15, 0.2) is 0 Å². The minimum absolute atomic E-state index is 0.0609. The summed E-state index contributed by atoms with van der Waals surface area (Å²) in [5, 5.41) is 5.00. The van der Waals surface area contributed by atoms with Gasteiger partial charge in [0, 0.05) is 34.1 Å². The summed E-state index contributed by atoms with van der Waals surface area (Å²) in [4.78, 5) is 4.74. The zero-order valence-corrected chi connectivity index (χ0v) is 29.6. The molecule has 1 aliphatic carbocycles. The molecule has 8 aromatic carbocycles. The molecule has 0 fully saturated rings. The molecule has 2 heteroatoms. The number of benzene rings is 8. The van der Waals surface area contributed by atoms with Gasteiger partial charge in [-0.05, 0) is 158 Å². The van der Waals surface area contributed by atoms with E-state index < -0.39 is 0 Å². The van der Waals surface area contributed by atoms with Crippen LogP contribution in [0.25, 0.3) is 43.8 Å². The quantitative estimate of drug-likeness (QED) is 0.176. The zero-order valence-electron chi connectivity index (χ0n) is 29.6. The molecule has 0 spiro atoms. The molecule has 0 heterocycles. The van der Waals surface area contributed by atoms with Crippen LogP contribution in [0.3, 0.4) is 0 Å². The lowest BCUT2D eigenvalue weighted by atomic mass is 9.78. The number of fused-ring (bicyclic) bond motifs is 6. The van der Waals surface area contributed by atoms with Gasteiger partial charge in [0.25, 0.3) is 0 Å². The molecule has 51 heavy (non-hydrogen) atoms. The van der Waals surface area contributed by atoms with Crippen LogP contribution in [-0.2, 0) is 5.41 Å². The first-order valence-electron chi connectivity index (χ1n) is 17.8. The lowest BCUT2D eigenvalue weighted by molar-refractivity contribution is 0.590. The Kier molecular flexibility index (Phi) is 7.29. The normalized spacial score (nSPS) is 11.9. The van der Waals surface area contributed by atoms with Crippen molar-refractivity contribution >= 4 is 55.7 Å². The van der Waals surface area contributed by atoms with Gasteiger partial charge in [0.05, 0.1) is 0 Å². The van der Waals surface area contributed by atoms with Gasteiger partial charge in [-0.15, -0.1) is 0 Å². The monoisotopic (exact) mass is 656 g/mol. The van der Waals surface area contributed by atoms with Gasteiger partial charge >= 0.3 is 0 Å². The molecule has 0 unspecified atom stereocenters. The molecule has 9 rings (SSSR count). The van der Waals surface area contributed by atoms with E-state index in [0.29, 0.717) is 0 Å². The maximum absolute atomic E-state index is 2.39. The van der Waals surface area contributed by atoms with Crippen molar-refractivity contribution in [2.75, 3.05) is 9.80 Å². The molecule has 0 aliphatic heterocycles. The lowest BCUT2D eigenvalue weighted by Crippen LogP contribution is -2.14. The van der Waals surface area contributed by atoms with Gasteiger partial charge in [-0.3, -0.25) is 0 Å². The molecule has 2 nitrogen and oxygen atoms in total. The lowest BCUT2D eigenvalue weighted by Gasteiger charge is -2.29. The number of rotatable bonds is 6. The molecule has 0 saturated carbocycles. The van der Waals surface area contributed by atoms with E-state index >= 15 is 0 Å². The van der Waals surface area contributed by atoms with E-state index in [1.54, 1.807) is 0 Å². The fraction of sp³-hybridized carbons (Fsp3) is 0.102. The van der Waals surface area contributed by atoms with E-state index in [-0.39, 0.29) is 5.41 Å². The minimum Gasteiger partial charge on any atom is -0.310 e. The Balaban J connectivity index is 1.11. The fourth-order valence-corrected chi connectivity index (χ4v) is 7.63. The first kappa shape index (κ1) is 30.9. The summed E-state index contributed by atoms with van der Waals surface area (Å²) >= 11 is 0. The number of aryl methyl sites for hydroxylation is 1. The van der Waals surface area contributed by atoms with Gasteiger partial charge < -0.3 is 9.80 Å². The number of hydrogen-bond acceptors (Lipinski definition) is 2.